The SMILES string of the molecule is FC(F)(F)COc1ccc2c(S)c[nH]c2c1. The topological polar surface area (TPSA) is 25.0 Å². The third-order valence-electron chi connectivity index (χ3n) is 2.03. The number of H-pyrrole nitrogens is 1. The van der Waals surface area contributed by atoms with Crippen molar-refractivity contribution < 1.29 is 17.9 Å². The van der Waals surface area contributed by atoms with E-state index in [9.17, 15) is 13.2 Å². The van der Waals surface area contributed by atoms with E-state index >= 15 is 0 Å². The second-order valence-corrected chi connectivity index (χ2v) is 3.77. The molecule has 0 atom stereocenters. The lowest BCUT2D eigenvalue weighted by Gasteiger charge is -2.08. The van der Waals surface area contributed by atoms with Crippen molar-refractivity contribution in [3.63, 3.8) is 0 Å². The Morgan fingerprint density at radius 1 is 1.31 bits per heavy atom. The molecule has 0 aliphatic heterocycles. The summed E-state index contributed by atoms with van der Waals surface area (Å²) in [4.78, 5) is 3.64. The van der Waals surface area contributed by atoms with E-state index < -0.39 is 12.8 Å². The molecule has 0 saturated carbocycles. The quantitative estimate of drug-likeness (QED) is 0.781. The lowest BCUT2D eigenvalue weighted by molar-refractivity contribution is -0.153. The number of hydrogen-bond donors (Lipinski definition) is 2. The van der Waals surface area contributed by atoms with Gasteiger partial charge in [0, 0.05) is 22.5 Å². The number of ether oxygens (including phenoxy) is 1. The standard InChI is InChI=1S/C10H8F3NOS/c11-10(12,13)5-15-6-1-2-7-8(3-6)14-4-9(7)16/h1-4,14,16H,5H2. The van der Waals surface area contributed by atoms with Gasteiger partial charge in [-0.1, -0.05) is 0 Å². The molecule has 0 spiro atoms. The van der Waals surface area contributed by atoms with Gasteiger partial charge in [-0.3, -0.25) is 0 Å². The van der Waals surface area contributed by atoms with Gasteiger partial charge < -0.3 is 9.72 Å². The van der Waals surface area contributed by atoms with Crippen molar-refractivity contribution in [2.75, 3.05) is 6.61 Å². The Bertz CT molecular complexity index is 506. The van der Waals surface area contributed by atoms with E-state index in [0.717, 1.165) is 10.3 Å². The Morgan fingerprint density at radius 3 is 2.75 bits per heavy atom. The number of rotatable bonds is 2. The van der Waals surface area contributed by atoms with Gasteiger partial charge in [-0.25, -0.2) is 0 Å². The van der Waals surface area contributed by atoms with Gasteiger partial charge in [-0.05, 0) is 12.1 Å². The number of fused-ring (bicyclic) bond motifs is 1. The summed E-state index contributed by atoms with van der Waals surface area (Å²) < 4.78 is 40.4. The second kappa shape index (κ2) is 3.93. The Kier molecular flexibility index (Phi) is 2.75. The van der Waals surface area contributed by atoms with Crippen LogP contribution in [0.4, 0.5) is 13.2 Å². The highest BCUT2D eigenvalue weighted by Gasteiger charge is 2.28. The van der Waals surface area contributed by atoms with Crippen molar-refractivity contribution in [1.29, 1.82) is 0 Å². The fraction of sp³-hybridized carbons (Fsp3) is 0.200. The molecule has 0 amide bonds. The van der Waals surface area contributed by atoms with E-state index in [2.05, 4.69) is 22.3 Å². The number of aromatic amines is 1. The van der Waals surface area contributed by atoms with E-state index in [1.54, 1.807) is 12.3 Å². The van der Waals surface area contributed by atoms with E-state index in [1.807, 2.05) is 0 Å². The summed E-state index contributed by atoms with van der Waals surface area (Å²) >= 11 is 4.18. The van der Waals surface area contributed by atoms with Crippen LogP contribution in [-0.2, 0) is 0 Å². The minimum Gasteiger partial charge on any atom is -0.484 e. The van der Waals surface area contributed by atoms with Crippen molar-refractivity contribution in [3.05, 3.63) is 24.4 Å². The maximum Gasteiger partial charge on any atom is 0.422 e. The van der Waals surface area contributed by atoms with E-state index in [0.29, 0.717) is 5.52 Å². The van der Waals surface area contributed by atoms with E-state index in [1.165, 1.54) is 12.1 Å². The summed E-state index contributed by atoms with van der Waals surface area (Å²) in [5, 5.41) is 0.850. The molecule has 0 bridgehead atoms. The van der Waals surface area contributed by atoms with Crippen LogP contribution in [-0.4, -0.2) is 17.8 Å². The molecular formula is C10H8F3NOS. The Labute approximate surface area is 94.8 Å². The minimum atomic E-state index is -4.32. The minimum absolute atomic E-state index is 0.181. The monoisotopic (exact) mass is 247 g/mol. The first-order valence-corrected chi connectivity index (χ1v) is 4.90. The normalized spacial score (nSPS) is 12.0. The van der Waals surface area contributed by atoms with Gasteiger partial charge in [0.1, 0.15) is 5.75 Å². The summed E-state index contributed by atoms with van der Waals surface area (Å²) in [6, 6.07) is 4.67. The molecule has 2 nitrogen and oxygen atoms in total. The second-order valence-electron chi connectivity index (χ2n) is 3.29. The first-order valence-electron chi connectivity index (χ1n) is 4.45. The van der Waals surface area contributed by atoms with Crippen LogP contribution in [0.25, 0.3) is 10.9 Å². The Balaban J connectivity index is 2.20. The van der Waals surface area contributed by atoms with Crippen molar-refractivity contribution in [2.45, 2.75) is 11.1 Å². The Morgan fingerprint density at radius 2 is 2.06 bits per heavy atom. The molecule has 1 aromatic carbocycles. The van der Waals surface area contributed by atoms with Gasteiger partial charge in [0.2, 0.25) is 0 Å². The molecule has 1 aromatic heterocycles. The number of benzene rings is 1. The number of alkyl halides is 3. The maximum absolute atomic E-state index is 11.9. The van der Waals surface area contributed by atoms with E-state index in [4.69, 9.17) is 0 Å². The van der Waals surface area contributed by atoms with Crippen LogP contribution in [0.3, 0.4) is 0 Å². The zero-order chi connectivity index (χ0) is 11.8. The van der Waals surface area contributed by atoms with Gasteiger partial charge in [-0.2, -0.15) is 13.2 Å². The molecule has 0 saturated heterocycles. The molecule has 1 N–H and O–H groups in total. The molecule has 16 heavy (non-hydrogen) atoms. The molecule has 2 rings (SSSR count). The van der Waals surface area contributed by atoms with Crippen LogP contribution in [0.1, 0.15) is 0 Å². The van der Waals surface area contributed by atoms with Crippen LogP contribution >= 0.6 is 12.6 Å². The summed E-state index contributed by atoms with van der Waals surface area (Å²) in [5.41, 5.74) is 0.699. The predicted molar refractivity (Wildman–Crippen MR) is 57.1 cm³/mol. The van der Waals surface area contributed by atoms with Crippen LogP contribution in [0, 0.1) is 0 Å². The molecule has 2 aromatic rings. The van der Waals surface area contributed by atoms with Crippen molar-refractivity contribution in [2.24, 2.45) is 0 Å². The summed E-state index contributed by atoms with van der Waals surface area (Å²) in [7, 11) is 0. The van der Waals surface area contributed by atoms with Gasteiger partial charge in [-0.15, -0.1) is 12.6 Å². The number of thiol groups is 1. The largest absolute Gasteiger partial charge is 0.484 e. The lowest BCUT2D eigenvalue weighted by Crippen LogP contribution is -2.19. The van der Waals surface area contributed by atoms with Crippen molar-refractivity contribution in [1.82, 2.24) is 4.98 Å². The summed E-state index contributed by atoms with van der Waals surface area (Å²) in [5.74, 6) is 0.181. The highest BCUT2D eigenvalue weighted by Crippen LogP contribution is 2.26. The molecule has 86 valence electrons. The third kappa shape index (κ3) is 2.44. The van der Waals surface area contributed by atoms with Crippen LogP contribution in [0.2, 0.25) is 0 Å². The van der Waals surface area contributed by atoms with Crippen molar-refractivity contribution >= 4 is 23.5 Å². The first-order chi connectivity index (χ1) is 7.46. The van der Waals surface area contributed by atoms with Crippen molar-refractivity contribution in [3.8, 4) is 5.75 Å². The average Bonchev–Trinajstić information content (AvgIpc) is 2.56. The number of nitrogens with one attached hydrogen (secondary N) is 1. The maximum atomic E-state index is 11.9. The third-order valence-corrected chi connectivity index (χ3v) is 2.40. The van der Waals surface area contributed by atoms with Crippen LogP contribution in [0.15, 0.2) is 29.3 Å². The number of aromatic nitrogens is 1. The molecule has 0 unspecified atom stereocenters. The lowest BCUT2D eigenvalue weighted by atomic mass is 10.2. The van der Waals surface area contributed by atoms with Gasteiger partial charge in [0.05, 0.1) is 5.52 Å². The predicted octanol–water partition coefficient (Wildman–Crippen LogP) is 3.40. The first kappa shape index (κ1) is 11.2. The highest BCUT2D eigenvalue weighted by atomic mass is 32.1. The van der Waals surface area contributed by atoms with Gasteiger partial charge in [0.15, 0.2) is 6.61 Å². The number of halogens is 3. The smallest absolute Gasteiger partial charge is 0.422 e. The fourth-order valence-electron chi connectivity index (χ4n) is 1.34. The molecule has 0 aliphatic carbocycles. The zero-order valence-corrected chi connectivity index (χ0v) is 8.90. The molecule has 1 heterocycles. The summed E-state index contributed by atoms with van der Waals surface area (Å²) in [6.45, 7) is -1.28. The number of hydrogen-bond acceptors (Lipinski definition) is 2. The fourth-order valence-corrected chi connectivity index (χ4v) is 1.60. The molecular weight excluding hydrogens is 239 g/mol. The van der Waals surface area contributed by atoms with Crippen LogP contribution < -0.4 is 4.74 Å². The van der Waals surface area contributed by atoms with Crippen LogP contribution in [0.5, 0.6) is 5.75 Å². The molecule has 6 heteroatoms. The van der Waals surface area contributed by atoms with Gasteiger partial charge in [0.25, 0.3) is 0 Å². The highest BCUT2D eigenvalue weighted by molar-refractivity contribution is 7.80. The molecule has 0 aliphatic rings. The molecule has 0 fully saturated rings. The molecule has 0 radical (unpaired) electrons. The average molecular weight is 247 g/mol. The van der Waals surface area contributed by atoms with E-state index in [-0.39, 0.29) is 5.75 Å². The summed E-state index contributed by atoms with van der Waals surface area (Å²) in [6.07, 6.45) is -2.65. The zero-order valence-electron chi connectivity index (χ0n) is 8.01. The Hall–Kier alpha value is -1.30. The van der Waals surface area contributed by atoms with Gasteiger partial charge >= 0.3 is 6.18 Å².